The summed E-state index contributed by atoms with van der Waals surface area (Å²) in [6.45, 7) is 3.88. The third-order valence-electron chi connectivity index (χ3n) is 0.619. The summed E-state index contributed by atoms with van der Waals surface area (Å²) < 4.78 is 6.63. The van der Waals surface area contributed by atoms with Crippen molar-refractivity contribution < 1.29 is 17.2 Å². The minimum Gasteiger partial charge on any atom is -1.00 e. The molecule has 9 heteroatoms. The molecule has 0 amide bonds. The van der Waals surface area contributed by atoms with Gasteiger partial charge < -0.3 is 1.43 Å². The van der Waals surface area contributed by atoms with Crippen LogP contribution in [0.1, 0.15) is 9.70 Å². The Morgan fingerprint density at radius 3 is 2.00 bits per heavy atom. The van der Waals surface area contributed by atoms with Gasteiger partial charge >= 0.3 is 0 Å². The minimum absolute atomic E-state index is 0. The smallest absolute Gasteiger partial charge is 0.186 e. The summed E-state index contributed by atoms with van der Waals surface area (Å²) in [7, 11) is 7.89. The molecule has 0 aliphatic heterocycles. The van der Waals surface area contributed by atoms with Crippen LogP contribution in [0.15, 0.2) is 12.7 Å². The fourth-order valence-electron chi connectivity index (χ4n) is 0.230. The lowest BCUT2D eigenvalue weighted by molar-refractivity contribution is 0.569. The molecule has 3 nitrogen and oxygen atoms in total. The molecule has 0 aromatic carbocycles. The fraction of sp³-hybridized carbons (Fsp3) is 0.444. The Balaban J connectivity index is -0.0000000952. The number of hydrogen-bond donors (Lipinski definition) is 0. The summed E-state index contributed by atoms with van der Waals surface area (Å²) >= 11 is 0. The first-order valence-corrected chi connectivity index (χ1v) is 11.6. The Hall–Kier alpha value is 0.850. The van der Waals surface area contributed by atoms with Crippen LogP contribution in [-0.2, 0) is 14.4 Å². The molecule has 0 fully saturated rings. The molecule has 0 aliphatic carbocycles. The van der Waals surface area contributed by atoms with Crippen LogP contribution in [0.2, 0.25) is 0 Å². The van der Waals surface area contributed by atoms with Crippen LogP contribution in [0, 0.1) is 0 Å². The molecule has 108 valence electrons. The summed E-state index contributed by atoms with van der Waals surface area (Å²) in [5, 5.41) is 0. The van der Waals surface area contributed by atoms with Crippen molar-refractivity contribution >= 4 is 81.6 Å². The van der Waals surface area contributed by atoms with Crippen LogP contribution in [0.5, 0.6) is 0 Å². The highest BCUT2D eigenvalue weighted by Gasteiger charge is 1.77. The molecule has 0 bridgehead atoms. The minimum atomic E-state index is 0. The third-order valence-corrected chi connectivity index (χ3v) is 4.87. The van der Waals surface area contributed by atoms with E-state index in [4.69, 9.17) is 1.37 Å². The molecule has 0 radical (unpaired) electrons. The molecular weight excluding hydrogens is 348 g/mol. The summed E-state index contributed by atoms with van der Waals surface area (Å²) in [5.41, 5.74) is 2.40. The van der Waals surface area contributed by atoms with Gasteiger partial charge in [-0.05, 0) is 38.6 Å². The van der Waals surface area contributed by atoms with Crippen LogP contribution in [0.4, 0.5) is 0 Å². The van der Waals surface area contributed by atoms with E-state index < -0.39 is 0 Å². The Morgan fingerprint density at radius 1 is 1.11 bits per heavy atom. The molecule has 0 heterocycles. The van der Waals surface area contributed by atoms with Crippen molar-refractivity contribution in [2.75, 3.05) is 17.8 Å². The topological polar surface area (TPSA) is 51.2 Å². The predicted molar refractivity (Wildman–Crippen MR) is 98.4 cm³/mol. The van der Waals surface area contributed by atoms with Gasteiger partial charge in [0.25, 0.3) is 0 Å². The standard InChI is InChI=1S/C4H6OS2.C3H6OS2.C2H4OS2.H/c1-2-3-6-7-4-5;1-2-5-6-3-4;1-4-5-2-3;/h2,4H,1,3H2;3H,2H2,1H3;2H,1H3;/q;;;-1/i;1D;;1+1. The van der Waals surface area contributed by atoms with Gasteiger partial charge in [-0.15, -0.1) is 6.58 Å². The monoisotopic (exact) mass is 367 g/mol. The third kappa shape index (κ3) is 43.6. The fourth-order valence-corrected chi connectivity index (χ4v) is 2.07. The molecule has 0 unspecified atom stereocenters. The van der Waals surface area contributed by atoms with Gasteiger partial charge in [0.15, 0.2) is 16.9 Å². The van der Waals surface area contributed by atoms with Gasteiger partial charge in [0.2, 0.25) is 0 Å². The van der Waals surface area contributed by atoms with Crippen molar-refractivity contribution in [1.82, 2.24) is 0 Å². The molecule has 0 aromatic heterocycles. The summed E-state index contributed by atoms with van der Waals surface area (Å²) in [5.74, 6) is 1.58. The number of rotatable bonds is 9. The van der Waals surface area contributed by atoms with Crippen LogP contribution in [0.25, 0.3) is 0 Å². The summed E-state index contributed by atoms with van der Waals surface area (Å²) in [6.07, 6.45) is 3.63. The summed E-state index contributed by atoms with van der Waals surface area (Å²) in [6, 6.07) is 0. The number of carbonyl (C=O) groups is 3. The zero-order chi connectivity index (χ0) is 15.2. The highest BCUT2D eigenvalue weighted by atomic mass is 33.1. The van der Waals surface area contributed by atoms with Crippen molar-refractivity contribution in [3.8, 4) is 0 Å². The normalized spacial score (nSPS) is 8.61. The van der Waals surface area contributed by atoms with Crippen molar-refractivity contribution in [3.05, 3.63) is 12.7 Å². The van der Waals surface area contributed by atoms with E-state index in [0.717, 1.165) is 39.2 Å². The lowest BCUT2D eigenvalue weighted by atomic mass is 10.8. The van der Waals surface area contributed by atoms with Crippen LogP contribution >= 0.6 is 64.8 Å². The van der Waals surface area contributed by atoms with Gasteiger partial charge in [0.05, 0.1) is 0 Å². The SMILES string of the molecule is C=CCSSC=O.CSSC=O.[2H-].[2H]CCSSC=O. The van der Waals surface area contributed by atoms with Gasteiger partial charge in [-0.1, -0.05) is 45.4 Å². The first-order valence-electron chi connectivity index (χ1n) is 4.92. The highest BCUT2D eigenvalue weighted by Crippen LogP contribution is 2.16. The second-order valence-electron chi connectivity index (χ2n) is 1.64. The molecular formula is C9H17O3S6-. The zero-order valence-electron chi connectivity index (χ0n) is 11.8. The first kappa shape index (κ1) is 21.2. The summed E-state index contributed by atoms with van der Waals surface area (Å²) in [4.78, 5) is 28.5. The number of hydrogen-bond acceptors (Lipinski definition) is 9. The second kappa shape index (κ2) is 30.7. The maximum absolute atomic E-state index is 9.59. The molecule has 0 aromatic rings. The van der Waals surface area contributed by atoms with Crippen molar-refractivity contribution in [3.63, 3.8) is 0 Å². The van der Waals surface area contributed by atoms with Crippen LogP contribution in [-0.4, -0.2) is 34.6 Å². The Morgan fingerprint density at radius 2 is 1.67 bits per heavy atom. The van der Waals surface area contributed by atoms with E-state index in [1.807, 2.05) is 6.26 Å². The molecule has 0 saturated carbocycles. The molecule has 0 saturated heterocycles. The second-order valence-corrected chi connectivity index (χ2v) is 8.49. The average Bonchev–Trinajstić information content (AvgIpc) is 2.42. The Kier molecular flexibility index (Phi) is 36.1. The quantitative estimate of drug-likeness (QED) is 0.251. The molecule has 18 heavy (non-hydrogen) atoms. The van der Waals surface area contributed by atoms with E-state index >= 15 is 0 Å². The van der Waals surface area contributed by atoms with Gasteiger partial charge in [-0.2, -0.15) is 0 Å². The largest absolute Gasteiger partial charge is 1.00 e. The molecule has 0 aliphatic rings. The van der Waals surface area contributed by atoms with E-state index in [-0.39, 0.29) is 1.43 Å². The highest BCUT2D eigenvalue weighted by molar-refractivity contribution is 8.82. The van der Waals surface area contributed by atoms with Gasteiger partial charge in [-0.3, -0.25) is 14.4 Å². The average molecular weight is 368 g/mol. The van der Waals surface area contributed by atoms with Gasteiger partial charge in [0.1, 0.15) is 0 Å². The van der Waals surface area contributed by atoms with Crippen molar-refractivity contribution in [2.24, 2.45) is 0 Å². The van der Waals surface area contributed by atoms with Crippen LogP contribution in [0.3, 0.4) is 0 Å². The predicted octanol–water partition coefficient (Wildman–Crippen LogP) is 4.62. The number of carbonyl (C=O) groups excluding carboxylic acids is 3. The van der Waals surface area contributed by atoms with Crippen LogP contribution < -0.4 is 0 Å². The lowest BCUT2D eigenvalue weighted by Crippen LogP contribution is -1.59. The van der Waals surface area contributed by atoms with Gasteiger partial charge in [0, 0.05) is 12.9 Å². The zero-order valence-corrected chi connectivity index (χ0v) is 14.7. The van der Waals surface area contributed by atoms with E-state index in [9.17, 15) is 14.4 Å². The maximum atomic E-state index is 9.59. The van der Waals surface area contributed by atoms with E-state index in [0.29, 0.717) is 6.90 Å². The first-order chi connectivity index (χ1) is 9.24. The van der Waals surface area contributed by atoms with Crippen molar-refractivity contribution in [2.45, 2.75) is 6.90 Å². The molecule has 0 rings (SSSR count). The maximum Gasteiger partial charge on any atom is 0.186 e. The molecule has 0 N–H and O–H groups in total. The van der Waals surface area contributed by atoms with Gasteiger partial charge in [-0.25, -0.2) is 0 Å². The molecule has 0 spiro atoms. The molecule has 0 atom stereocenters. The lowest BCUT2D eigenvalue weighted by Gasteiger charge is -1.81. The van der Waals surface area contributed by atoms with E-state index in [2.05, 4.69) is 6.58 Å². The van der Waals surface area contributed by atoms with Crippen molar-refractivity contribution in [1.29, 1.82) is 0 Å². The van der Waals surface area contributed by atoms with E-state index in [1.54, 1.807) is 6.08 Å². The Labute approximate surface area is 135 Å². The van der Waals surface area contributed by atoms with E-state index in [1.165, 1.54) is 54.0 Å². The Bertz CT molecular complexity index is 204.